The van der Waals surface area contributed by atoms with Crippen LogP contribution in [0.25, 0.3) is 0 Å². The molecule has 10 nitrogen and oxygen atoms in total. The van der Waals surface area contributed by atoms with Gasteiger partial charge in [0.1, 0.15) is 5.82 Å². The molecule has 0 aromatic heterocycles. The number of rotatable bonds is 9. The van der Waals surface area contributed by atoms with Crippen molar-refractivity contribution in [1.29, 1.82) is 0 Å². The molecule has 0 saturated heterocycles. The minimum atomic E-state index is -1.22. The Hall–Kier alpha value is -4.15. The first-order valence-corrected chi connectivity index (χ1v) is 9.89. The van der Waals surface area contributed by atoms with E-state index in [0.29, 0.717) is 12.2 Å². The van der Waals surface area contributed by atoms with Crippen molar-refractivity contribution in [1.82, 2.24) is 10.6 Å². The van der Waals surface area contributed by atoms with Crippen molar-refractivity contribution in [2.75, 3.05) is 25.6 Å². The summed E-state index contributed by atoms with van der Waals surface area (Å²) in [6, 6.07) is 8.63. The molecule has 0 saturated carbocycles. The highest BCUT2D eigenvalue weighted by Gasteiger charge is 2.21. The number of carbonyl (C=O) groups excluding carboxylic acids is 4. The number of benzene rings is 2. The van der Waals surface area contributed by atoms with Crippen LogP contribution in [0.1, 0.15) is 24.2 Å². The summed E-state index contributed by atoms with van der Waals surface area (Å²) in [7, 11) is 1.35. The predicted molar refractivity (Wildman–Crippen MR) is 116 cm³/mol. The van der Waals surface area contributed by atoms with Gasteiger partial charge in [-0.05, 0) is 56.3 Å². The van der Waals surface area contributed by atoms with Crippen LogP contribution < -0.4 is 25.4 Å². The maximum Gasteiger partial charge on any atom is 0.339 e. The number of urea groups is 1. The number of amides is 4. The molecule has 176 valence electrons. The van der Waals surface area contributed by atoms with Crippen LogP contribution in [0.2, 0.25) is 0 Å². The molecule has 0 bridgehead atoms. The number of ether oxygens (including phenoxy) is 3. The number of anilines is 1. The van der Waals surface area contributed by atoms with Gasteiger partial charge in [0, 0.05) is 12.2 Å². The van der Waals surface area contributed by atoms with Crippen molar-refractivity contribution in [2.24, 2.45) is 0 Å². The van der Waals surface area contributed by atoms with E-state index in [2.05, 4.69) is 10.6 Å². The van der Waals surface area contributed by atoms with Gasteiger partial charge >= 0.3 is 12.0 Å². The molecule has 1 unspecified atom stereocenters. The number of halogens is 1. The van der Waals surface area contributed by atoms with E-state index in [0.717, 1.165) is 0 Å². The lowest BCUT2D eigenvalue weighted by Crippen LogP contribution is -2.44. The molecule has 0 heterocycles. The normalized spacial score (nSPS) is 11.0. The van der Waals surface area contributed by atoms with Crippen molar-refractivity contribution in [3.05, 3.63) is 53.8 Å². The Balaban J connectivity index is 1.95. The summed E-state index contributed by atoms with van der Waals surface area (Å²) in [6.45, 7) is 2.97. The first kappa shape index (κ1) is 25.1. The molecule has 2 rings (SSSR count). The first-order valence-electron chi connectivity index (χ1n) is 9.89. The lowest BCUT2D eigenvalue weighted by atomic mass is 10.2. The Morgan fingerprint density at radius 3 is 2.36 bits per heavy atom. The zero-order valence-electron chi connectivity index (χ0n) is 18.3. The van der Waals surface area contributed by atoms with Crippen LogP contribution in [0.4, 0.5) is 14.9 Å². The second-order valence-corrected chi connectivity index (χ2v) is 6.61. The van der Waals surface area contributed by atoms with Crippen LogP contribution in [0, 0.1) is 5.82 Å². The highest BCUT2D eigenvalue weighted by molar-refractivity contribution is 5.98. The van der Waals surface area contributed by atoms with Crippen LogP contribution in [-0.4, -0.2) is 50.2 Å². The molecule has 2 aromatic rings. The largest absolute Gasteiger partial charge is 0.493 e. The van der Waals surface area contributed by atoms with E-state index in [-0.39, 0.29) is 23.7 Å². The number of carbonyl (C=O) groups is 4. The highest BCUT2D eigenvalue weighted by Crippen LogP contribution is 2.28. The summed E-state index contributed by atoms with van der Waals surface area (Å²) >= 11 is 0. The van der Waals surface area contributed by atoms with Crippen molar-refractivity contribution < 1.29 is 37.8 Å². The summed E-state index contributed by atoms with van der Waals surface area (Å²) in [5.41, 5.74) is 0.466. The van der Waals surface area contributed by atoms with Gasteiger partial charge in [0.2, 0.25) is 0 Å². The molecular formula is C22H24FN3O7. The third-order valence-electron chi connectivity index (χ3n) is 4.11. The molecule has 33 heavy (non-hydrogen) atoms. The van der Waals surface area contributed by atoms with Gasteiger partial charge < -0.3 is 24.8 Å². The van der Waals surface area contributed by atoms with Crippen LogP contribution in [-0.2, 0) is 14.3 Å². The van der Waals surface area contributed by atoms with Crippen LogP contribution in [0.3, 0.4) is 0 Å². The molecule has 0 spiro atoms. The van der Waals surface area contributed by atoms with Gasteiger partial charge in [-0.25, -0.2) is 14.0 Å². The van der Waals surface area contributed by atoms with E-state index in [1.54, 1.807) is 6.92 Å². The fourth-order valence-electron chi connectivity index (χ4n) is 2.49. The fourth-order valence-corrected chi connectivity index (χ4v) is 2.49. The van der Waals surface area contributed by atoms with Crippen molar-refractivity contribution >= 4 is 29.5 Å². The van der Waals surface area contributed by atoms with Crippen LogP contribution >= 0.6 is 0 Å². The van der Waals surface area contributed by atoms with E-state index in [1.807, 2.05) is 5.32 Å². The van der Waals surface area contributed by atoms with Crippen molar-refractivity contribution in [3.63, 3.8) is 0 Å². The number of esters is 1. The number of hydrogen-bond acceptors (Lipinski definition) is 7. The van der Waals surface area contributed by atoms with Crippen LogP contribution in [0.5, 0.6) is 11.5 Å². The molecule has 0 fully saturated rings. The summed E-state index contributed by atoms with van der Waals surface area (Å²) in [5.74, 6) is -2.19. The average Bonchev–Trinajstić information content (AvgIpc) is 2.79. The van der Waals surface area contributed by atoms with Gasteiger partial charge in [0.05, 0.1) is 12.7 Å². The SMILES string of the molecule is CCNC(=O)NC(=O)C(C)OC(=O)c1ccc(OCC(=O)Nc2ccc(F)cc2)c(OC)c1. The van der Waals surface area contributed by atoms with E-state index >= 15 is 0 Å². The smallest absolute Gasteiger partial charge is 0.339 e. The number of imide groups is 1. The van der Waals surface area contributed by atoms with Gasteiger partial charge in [0.25, 0.3) is 11.8 Å². The second-order valence-electron chi connectivity index (χ2n) is 6.61. The number of hydrogen-bond donors (Lipinski definition) is 3. The summed E-state index contributed by atoms with van der Waals surface area (Å²) in [4.78, 5) is 47.7. The third-order valence-corrected chi connectivity index (χ3v) is 4.11. The lowest BCUT2D eigenvalue weighted by Gasteiger charge is -2.15. The fraction of sp³-hybridized carbons (Fsp3) is 0.273. The zero-order valence-corrected chi connectivity index (χ0v) is 18.3. The predicted octanol–water partition coefficient (Wildman–Crippen LogP) is 2.24. The molecule has 1 atom stereocenters. The van der Waals surface area contributed by atoms with E-state index < -0.39 is 35.7 Å². The topological polar surface area (TPSA) is 132 Å². The maximum atomic E-state index is 12.9. The first-order chi connectivity index (χ1) is 15.7. The monoisotopic (exact) mass is 461 g/mol. The Labute approximate surface area is 189 Å². The summed E-state index contributed by atoms with van der Waals surface area (Å²) in [6.07, 6.45) is -1.22. The quantitative estimate of drug-likeness (QED) is 0.488. The minimum absolute atomic E-state index is 0.0626. The van der Waals surface area contributed by atoms with E-state index in [1.165, 1.54) is 56.5 Å². The molecule has 11 heteroatoms. The third kappa shape index (κ3) is 7.80. The van der Waals surface area contributed by atoms with Gasteiger partial charge in [-0.3, -0.25) is 14.9 Å². The molecule has 3 N–H and O–H groups in total. The number of methoxy groups -OCH3 is 1. The van der Waals surface area contributed by atoms with E-state index in [4.69, 9.17) is 14.2 Å². The Morgan fingerprint density at radius 2 is 1.73 bits per heavy atom. The Kier molecular flexibility index (Phi) is 9.16. The summed E-state index contributed by atoms with van der Waals surface area (Å²) in [5, 5.41) is 6.99. The zero-order chi connectivity index (χ0) is 24.4. The van der Waals surface area contributed by atoms with Gasteiger partial charge in [0.15, 0.2) is 24.2 Å². The lowest BCUT2D eigenvalue weighted by molar-refractivity contribution is -0.127. The molecule has 0 radical (unpaired) electrons. The van der Waals surface area contributed by atoms with Crippen molar-refractivity contribution in [3.8, 4) is 11.5 Å². The van der Waals surface area contributed by atoms with E-state index in [9.17, 15) is 23.6 Å². The van der Waals surface area contributed by atoms with Gasteiger partial charge in [-0.15, -0.1) is 0 Å². The van der Waals surface area contributed by atoms with Crippen molar-refractivity contribution in [2.45, 2.75) is 20.0 Å². The molecular weight excluding hydrogens is 437 g/mol. The number of nitrogens with one attached hydrogen (secondary N) is 3. The van der Waals surface area contributed by atoms with Crippen LogP contribution in [0.15, 0.2) is 42.5 Å². The molecule has 0 aliphatic rings. The molecule has 0 aliphatic heterocycles. The highest BCUT2D eigenvalue weighted by atomic mass is 19.1. The van der Waals surface area contributed by atoms with Gasteiger partial charge in [-0.1, -0.05) is 0 Å². The summed E-state index contributed by atoms with van der Waals surface area (Å²) < 4.78 is 28.6. The van der Waals surface area contributed by atoms with Gasteiger partial charge in [-0.2, -0.15) is 0 Å². The second kappa shape index (κ2) is 12.0. The molecule has 2 aromatic carbocycles. The maximum absolute atomic E-state index is 12.9. The molecule has 0 aliphatic carbocycles. The average molecular weight is 461 g/mol. The molecule has 4 amide bonds. The minimum Gasteiger partial charge on any atom is -0.493 e. The Bertz CT molecular complexity index is 1010. The Morgan fingerprint density at radius 1 is 1.03 bits per heavy atom. The standard InChI is InChI=1S/C22H24FN3O7/c1-4-24-22(30)26-20(28)13(2)33-21(29)14-5-10-17(18(11-14)31-3)32-12-19(27)25-16-8-6-15(23)7-9-16/h5-11,13H,4,12H2,1-3H3,(H,25,27)(H2,24,26,28,30).